The van der Waals surface area contributed by atoms with Crippen molar-refractivity contribution in [3.05, 3.63) is 59.0 Å². The third kappa shape index (κ3) is 5.55. The molecule has 0 aliphatic carbocycles. The second-order valence-electron chi connectivity index (χ2n) is 9.68. The van der Waals surface area contributed by atoms with Crippen LogP contribution in [0.5, 0.6) is 0 Å². The molecule has 1 saturated heterocycles. The third-order valence-corrected chi connectivity index (χ3v) is 10.2. The minimum atomic E-state index is -4.14. The summed E-state index contributed by atoms with van der Waals surface area (Å²) in [7, 11) is -7.98. The number of morpholine rings is 1. The van der Waals surface area contributed by atoms with Crippen molar-refractivity contribution in [2.45, 2.75) is 23.6 Å². The van der Waals surface area contributed by atoms with Crippen LogP contribution in [0.25, 0.3) is 0 Å². The molecule has 0 spiro atoms. The van der Waals surface area contributed by atoms with Gasteiger partial charge < -0.3 is 20.1 Å². The standard InChI is InChI=1S/C25H26ClN5O8S2/c1-15(2)13-39-25(33)22-23-28-20-11-16(3-6-21(20)41(36,37)31(23)14-27-22)24(32)29-19-12-17(4-5-18(19)26)40(34,35)30-7-9-38-10-8-30/h3-6,11-12,14-15,28H,7-10,13H2,1-2H3,(H,29,32). The Labute approximate surface area is 241 Å². The van der Waals surface area contributed by atoms with E-state index in [4.69, 9.17) is 21.1 Å². The van der Waals surface area contributed by atoms with E-state index in [1.54, 1.807) is 0 Å². The number of fused-ring (bicyclic) bond motifs is 2. The summed E-state index contributed by atoms with van der Waals surface area (Å²) in [5, 5.41) is 5.56. The van der Waals surface area contributed by atoms with Crippen LogP contribution >= 0.6 is 11.6 Å². The normalized spacial score (nSPS) is 16.4. The Morgan fingerprint density at radius 3 is 2.61 bits per heavy atom. The van der Waals surface area contributed by atoms with Crippen LogP contribution in [0.15, 0.2) is 52.5 Å². The van der Waals surface area contributed by atoms with Crippen LogP contribution in [0.3, 0.4) is 0 Å². The molecule has 2 aromatic carbocycles. The number of nitrogens with one attached hydrogen (secondary N) is 2. The Morgan fingerprint density at radius 2 is 1.90 bits per heavy atom. The van der Waals surface area contributed by atoms with Crippen molar-refractivity contribution in [1.29, 1.82) is 0 Å². The van der Waals surface area contributed by atoms with E-state index in [-0.39, 0.29) is 82.1 Å². The molecule has 0 unspecified atom stereocenters. The summed E-state index contributed by atoms with van der Waals surface area (Å²) in [6, 6.07) is 7.82. The van der Waals surface area contributed by atoms with Gasteiger partial charge in [0.05, 0.1) is 41.1 Å². The number of aromatic nitrogens is 2. The Bertz CT molecular complexity index is 1750. The third-order valence-electron chi connectivity index (χ3n) is 6.30. The average molecular weight is 624 g/mol. The minimum Gasteiger partial charge on any atom is -0.461 e. The zero-order chi connectivity index (χ0) is 29.5. The summed E-state index contributed by atoms with van der Waals surface area (Å²) in [6.45, 7) is 4.79. The Kier molecular flexibility index (Phi) is 7.82. The summed E-state index contributed by atoms with van der Waals surface area (Å²) in [5.74, 6) is -1.53. The number of ether oxygens (including phenoxy) is 2. The zero-order valence-corrected chi connectivity index (χ0v) is 24.3. The highest BCUT2D eigenvalue weighted by atomic mass is 35.5. The predicted molar refractivity (Wildman–Crippen MR) is 149 cm³/mol. The van der Waals surface area contributed by atoms with Crippen LogP contribution in [0.1, 0.15) is 34.7 Å². The SMILES string of the molecule is CC(C)COC(=O)c1ncn2c1Nc1cc(C(=O)Nc3cc(S(=O)(=O)N4CCOCC4)ccc3Cl)ccc1S2(=O)=O. The van der Waals surface area contributed by atoms with Crippen molar-refractivity contribution in [3.63, 3.8) is 0 Å². The van der Waals surface area contributed by atoms with Gasteiger partial charge in [-0.15, -0.1) is 0 Å². The van der Waals surface area contributed by atoms with Gasteiger partial charge in [0.15, 0.2) is 11.5 Å². The number of imidazole rings is 1. The molecule has 0 bridgehead atoms. The van der Waals surface area contributed by atoms with Gasteiger partial charge in [0.2, 0.25) is 10.0 Å². The number of hydrogen-bond donors (Lipinski definition) is 2. The molecule has 1 amide bonds. The van der Waals surface area contributed by atoms with E-state index < -0.39 is 31.9 Å². The first kappa shape index (κ1) is 29.0. The van der Waals surface area contributed by atoms with Gasteiger partial charge in [0, 0.05) is 18.7 Å². The molecule has 0 saturated carbocycles. The number of rotatable bonds is 7. The fraction of sp³-hybridized carbons (Fsp3) is 0.320. The van der Waals surface area contributed by atoms with Gasteiger partial charge in [0.1, 0.15) is 11.2 Å². The van der Waals surface area contributed by atoms with Crippen LogP contribution in [-0.4, -0.2) is 74.9 Å². The van der Waals surface area contributed by atoms with Crippen LogP contribution in [0.4, 0.5) is 17.2 Å². The number of sulfonamides is 1. The monoisotopic (exact) mass is 623 g/mol. The number of amides is 1. The van der Waals surface area contributed by atoms with E-state index in [0.717, 1.165) is 10.3 Å². The number of esters is 1. The van der Waals surface area contributed by atoms with Crippen molar-refractivity contribution in [3.8, 4) is 0 Å². The van der Waals surface area contributed by atoms with Crippen molar-refractivity contribution in [2.75, 3.05) is 43.5 Å². The molecule has 2 aliphatic rings. The van der Waals surface area contributed by atoms with E-state index >= 15 is 0 Å². The lowest BCUT2D eigenvalue weighted by Gasteiger charge is -2.26. The van der Waals surface area contributed by atoms with E-state index in [1.807, 2.05) is 13.8 Å². The molecule has 3 aromatic rings. The maximum absolute atomic E-state index is 13.2. The Hall–Kier alpha value is -3.50. The largest absolute Gasteiger partial charge is 0.461 e. The highest BCUT2D eigenvalue weighted by Gasteiger charge is 2.34. The van der Waals surface area contributed by atoms with Gasteiger partial charge in [-0.25, -0.2) is 30.6 Å². The summed E-state index contributed by atoms with van der Waals surface area (Å²) >= 11 is 6.26. The van der Waals surface area contributed by atoms with E-state index in [1.165, 1.54) is 40.7 Å². The van der Waals surface area contributed by atoms with Gasteiger partial charge >= 0.3 is 5.97 Å². The highest BCUT2D eigenvalue weighted by Crippen LogP contribution is 2.36. The van der Waals surface area contributed by atoms with E-state index in [0.29, 0.717) is 0 Å². The molecule has 13 nitrogen and oxygen atoms in total. The zero-order valence-electron chi connectivity index (χ0n) is 22.0. The maximum Gasteiger partial charge on any atom is 0.360 e. The molecular weight excluding hydrogens is 598 g/mol. The van der Waals surface area contributed by atoms with Crippen molar-refractivity contribution in [2.24, 2.45) is 5.92 Å². The first-order valence-corrected chi connectivity index (χ1v) is 15.8. The first-order chi connectivity index (χ1) is 19.4. The molecule has 1 fully saturated rings. The van der Waals surface area contributed by atoms with Gasteiger partial charge in [-0.1, -0.05) is 25.4 Å². The number of halogens is 1. The van der Waals surface area contributed by atoms with Crippen molar-refractivity contribution < 1.29 is 35.9 Å². The fourth-order valence-corrected chi connectivity index (χ4v) is 7.19. The lowest BCUT2D eigenvalue weighted by Crippen LogP contribution is -2.40. The lowest BCUT2D eigenvalue weighted by molar-refractivity contribution is 0.0454. The van der Waals surface area contributed by atoms with Crippen LogP contribution in [0, 0.1) is 5.92 Å². The molecule has 2 N–H and O–H groups in total. The first-order valence-electron chi connectivity index (χ1n) is 12.5. The number of carbonyl (C=O) groups is 2. The molecular formula is C25H26ClN5O8S2. The smallest absolute Gasteiger partial charge is 0.360 e. The summed E-state index contributed by atoms with van der Waals surface area (Å²) < 4.78 is 65.1. The van der Waals surface area contributed by atoms with E-state index in [2.05, 4.69) is 15.6 Å². The average Bonchev–Trinajstić information content (AvgIpc) is 3.38. The molecule has 16 heteroatoms. The summed E-state index contributed by atoms with van der Waals surface area (Å²) in [6.07, 6.45) is 1.01. The highest BCUT2D eigenvalue weighted by molar-refractivity contribution is 7.90. The minimum absolute atomic E-state index is 0.0401. The van der Waals surface area contributed by atoms with Crippen molar-refractivity contribution in [1.82, 2.24) is 13.3 Å². The fourth-order valence-electron chi connectivity index (χ4n) is 4.21. The number of nitrogens with zero attached hydrogens (tertiary/aromatic N) is 3. The quantitative estimate of drug-likeness (QED) is 0.292. The number of hydrogen-bond acceptors (Lipinski definition) is 10. The van der Waals surface area contributed by atoms with Gasteiger partial charge in [0.25, 0.3) is 15.9 Å². The molecule has 218 valence electrons. The molecule has 2 aliphatic heterocycles. The number of carbonyl (C=O) groups excluding carboxylic acids is 2. The molecule has 0 radical (unpaired) electrons. The molecule has 5 rings (SSSR count). The van der Waals surface area contributed by atoms with E-state index in [9.17, 15) is 26.4 Å². The van der Waals surface area contributed by atoms with Gasteiger partial charge in [-0.2, -0.15) is 4.31 Å². The number of anilines is 3. The molecule has 41 heavy (non-hydrogen) atoms. The van der Waals surface area contributed by atoms with Crippen LogP contribution in [-0.2, 0) is 29.5 Å². The number of benzene rings is 2. The predicted octanol–water partition coefficient (Wildman–Crippen LogP) is 2.92. The second kappa shape index (κ2) is 11.1. The second-order valence-corrected chi connectivity index (χ2v) is 13.8. The summed E-state index contributed by atoms with van der Waals surface area (Å²) in [4.78, 5) is 29.5. The Balaban J connectivity index is 1.41. The topological polar surface area (TPSA) is 166 Å². The lowest BCUT2D eigenvalue weighted by atomic mass is 10.1. The maximum atomic E-state index is 13.2. The Morgan fingerprint density at radius 1 is 1.17 bits per heavy atom. The molecule has 3 heterocycles. The van der Waals surface area contributed by atoms with Crippen molar-refractivity contribution >= 4 is 60.7 Å². The van der Waals surface area contributed by atoms with Gasteiger partial charge in [-0.3, -0.25) is 4.79 Å². The van der Waals surface area contributed by atoms with Crippen LogP contribution < -0.4 is 10.6 Å². The van der Waals surface area contributed by atoms with Crippen LogP contribution in [0.2, 0.25) is 5.02 Å². The molecule has 0 atom stereocenters. The molecule has 1 aromatic heterocycles. The summed E-state index contributed by atoms with van der Waals surface area (Å²) in [5.41, 5.74) is -0.0866. The van der Waals surface area contributed by atoms with Gasteiger partial charge in [-0.05, 0) is 42.3 Å².